The highest BCUT2D eigenvalue weighted by molar-refractivity contribution is 5.81. The SMILES string of the molecule is C[C@@H](OC[C@H]1CCCCO1)C(=O)N1CCCCC[C@@H]1c1ccncc1. The minimum atomic E-state index is -0.423. The Morgan fingerprint density at radius 3 is 2.80 bits per heavy atom. The molecule has 2 aliphatic heterocycles. The van der Waals surface area contributed by atoms with Gasteiger partial charge in [0.1, 0.15) is 6.10 Å². The van der Waals surface area contributed by atoms with Gasteiger partial charge in [0, 0.05) is 25.5 Å². The van der Waals surface area contributed by atoms with Gasteiger partial charge in [-0.25, -0.2) is 0 Å². The van der Waals surface area contributed by atoms with Crippen LogP contribution in [0.3, 0.4) is 0 Å². The number of hydrogen-bond donors (Lipinski definition) is 0. The summed E-state index contributed by atoms with van der Waals surface area (Å²) in [6, 6.07) is 4.19. The van der Waals surface area contributed by atoms with Gasteiger partial charge in [0.2, 0.25) is 0 Å². The fraction of sp³-hybridized carbons (Fsp3) is 0.700. The van der Waals surface area contributed by atoms with Crippen LogP contribution in [0.1, 0.15) is 63.5 Å². The second-order valence-corrected chi connectivity index (χ2v) is 7.14. The Hall–Kier alpha value is -1.46. The molecule has 0 radical (unpaired) electrons. The largest absolute Gasteiger partial charge is 0.376 e. The fourth-order valence-corrected chi connectivity index (χ4v) is 3.80. The van der Waals surface area contributed by atoms with Gasteiger partial charge in [-0.1, -0.05) is 12.8 Å². The van der Waals surface area contributed by atoms with Crippen LogP contribution in [-0.4, -0.2) is 47.8 Å². The molecule has 3 heterocycles. The van der Waals surface area contributed by atoms with E-state index < -0.39 is 6.10 Å². The quantitative estimate of drug-likeness (QED) is 0.819. The smallest absolute Gasteiger partial charge is 0.251 e. The molecule has 0 unspecified atom stereocenters. The van der Waals surface area contributed by atoms with E-state index in [1.54, 1.807) is 0 Å². The number of carbonyl (C=O) groups is 1. The number of pyridine rings is 1. The Balaban J connectivity index is 1.62. The summed E-state index contributed by atoms with van der Waals surface area (Å²) in [6.07, 6.45) is 11.1. The number of aromatic nitrogens is 1. The van der Waals surface area contributed by atoms with Gasteiger partial charge >= 0.3 is 0 Å². The van der Waals surface area contributed by atoms with Crippen molar-refractivity contribution in [2.45, 2.75) is 70.1 Å². The first kappa shape index (κ1) is 18.3. The predicted molar refractivity (Wildman–Crippen MR) is 96.2 cm³/mol. The van der Waals surface area contributed by atoms with Crippen molar-refractivity contribution >= 4 is 5.91 Å². The molecule has 0 aromatic carbocycles. The summed E-state index contributed by atoms with van der Waals surface area (Å²) >= 11 is 0. The molecule has 0 bridgehead atoms. The molecule has 3 atom stereocenters. The summed E-state index contributed by atoms with van der Waals surface area (Å²) in [5, 5.41) is 0. The predicted octanol–water partition coefficient (Wildman–Crippen LogP) is 3.50. The molecule has 2 fully saturated rings. The van der Waals surface area contributed by atoms with Crippen molar-refractivity contribution in [1.29, 1.82) is 0 Å². The van der Waals surface area contributed by atoms with E-state index in [-0.39, 0.29) is 18.1 Å². The van der Waals surface area contributed by atoms with Crippen molar-refractivity contribution in [2.24, 2.45) is 0 Å². The Morgan fingerprint density at radius 2 is 2.04 bits per heavy atom. The normalized spacial score (nSPS) is 26.0. The highest BCUT2D eigenvalue weighted by Gasteiger charge is 2.30. The van der Waals surface area contributed by atoms with E-state index in [0.717, 1.165) is 45.3 Å². The number of ether oxygens (including phenoxy) is 2. The van der Waals surface area contributed by atoms with Crippen molar-refractivity contribution in [3.8, 4) is 0 Å². The van der Waals surface area contributed by atoms with E-state index in [1.165, 1.54) is 18.4 Å². The molecule has 138 valence electrons. The summed E-state index contributed by atoms with van der Waals surface area (Å²) in [7, 11) is 0. The fourth-order valence-electron chi connectivity index (χ4n) is 3.80. The van der Waals surface area contributed by atoms with E-state index >= 15 is 0 Å². The molecule has 5 heteroatoms. The van der Waals surface area contributed by atoms with Crippen molar-refractivity contribution in [2.75, 3.05) is 19.8 Å². The van der Waals surface area contributed by atoms with E-state index in [2.05, 4.69) is 4.98 Å². The molecule has 0 aliphatic carbocycles. The summed E-state index contributed by atoms with van der Waals surface area (Å²) in [4.78, 5) is 19.2. The first-order chi connectivity index (χ1) is 12.3. The standard InChI is InChI=1S/C20H30N2O3/c1-16(25-15-18-7-4-6-14-24-18)20(23)22-13-5-2-3-8-19(22)17-9-11-21-12-10-17/h9-12,16,18-19H,2-8,13-15H2,1H3/t16-,18-,19-/m1/s1. The lowest BCUT2D eigenvalue weighted by atomic mass is 10.0. The van der Waals surface area contributed by atoms with Gasteiger partial charge in [-0.3, -0.25) is 9.78 Å². The lowest BCUT2D eigenvalue weighted by Gasteiger charge is -2.33. The third-order valence-corrected chi connectivity index (χ3v) is 5.28. The van der Waals surface area contributed by atoms with Gasteiger partial charge in [-0.15, -0.1) is 0 Å². The van der Waals surface area contributed by atoms with E-state index in [1.807, 2.05) is 36.4 Å². The summed E-state index contributed by atoms with van der Waals surface area (Å²) in [5.41, 5.74) is 1.17. The van der Waals surface area contributed by atoms with Crippen molar-refractivity contribution in [3.05, 3.63) is 30.1 Å². The number of hydrogen-bond acceptors (Lipinski definition) is 4. The molecule has 5 nitrogen and oxygen atoms in total. The van der Waals surface area contributed by atoms with Crippen molar-refractivity contribution in [3.63, 3.8) is 0 Å². The zero-order valence-corrected chi connectivity index (χ0v) is 15.2. The Morgan fingerprint density at radius 1 is 1.24 bits per heavy atom. The van der Waals surface area contributed by atoms with E-state index in [0.29, 0.717) is 6.61 Å². The van der Waals surface area contributed by atoms with Gasteiger partial charge in [0.25, 0.3) is 5.91 Å². The summed E-state index contributed by atoms with van der Waals surface area (Å²) < 4.78 is 11.6. The highest BCUT2D eigenvalue weighted by atomic mass is 16.5. The lowest BCUT2D eigenvalue weighted by Crippen LogP contribution is -2.42. The Bertz CT molecular complexity index is 531. The molecule has 1 aromatic heterocycles. The minimum absolute atomic E-state index is 0.0968. The lowest BCUT2D eigenvalue weighted by molar-refractivity contribution is -0.148. The molecule has 25 heavy (non-hydrogen) atoms. The highest BCUT2D eigenvalue weighted by Crippen LogP contribution is 2.30. The third kappa shape index (κ3) is 5.02. The minimum Gasteiger partial charge on any atom is -0.376 e. The number of carbonyl (C=O) groups excluding carboxylic acids is 1. The van der Waals surface area contributed by atoms with Crippen LogP contribution >= 0.6 is 0 Å². The molecule has 1 aromatic rings. The van der Waals surface area contributed by atoms with Gasteiger partial charge < -0.3 is 14.4 Å². The molecule has 2 saturated heterocycles. The second kappa shape index (κ2) is 9.30. The molecule has 0 spiro atoms. The van der Waals surface area contributed by atoms with Gasteiger partial charge in [0.05, 0.1) is 18.8 Å². The average Bonchev–Trinajstić information content (AvgIpc) is 2.93. The van der Waals surface area contributed by atoms with E-state index in [9.17, 15) is 4.79 Å². The van der Waals surface area contributed by atoms with Crippen LogP contribution in [0, 0.1) is 0 Å². The Labute approximate surface area is 150 Å². The van der Waals surface area contributed by atoms with Gasteiger partial charge in [0.15, 0.2) is 0 Å². The topological polar surface area (TPSA) is 51.7 Å². The maximum absolute atomic E-state index is 13.1. The number of amides is 1. The molecule has 2 aliphatic rings. The molecule has 1 amide bonds. The average molecular weight is 346 g/mol. The second-order valence-electron chi connectivity index (χ2n) is 7.14. The van der Waals surface area contributed by atoms with Crippen LogP contribution in [0.15, 0.2) is 24.5 Å². The maximum Gasteiger partial charge on any atom is 0.251 e. The zero-order valence-electron chi connectivity index (χ0n) is 15.2. The summed E-state index contributed by atoms with van der Waals surface area (Å²) in [6.45, 7) is 4.01. The Kier molecular flexibility index (Phi) is 6.82. The van der Waals surface area contributed by atoms with Crippen molar-refractivity contribution < 1.29 is 14.3 Å². The van der Waals surface area contributed by atoms with Gasteiger partial charge in [-0.05, 0) is 56.7 Å². The van der Waals surface area contributed by atoms with Gasteiger partial charge in [-0.2, -0.15) is 0 Å². The zero-order chi connectivity index (χ0) is 17.5. The maximum atomic E-state index is 13.1. The van der Waals surface area contributed by atoms with Crippen LogP contribution in [0.5, 0.6) is 0 Å². The first-order valence-corrected chi connectivity index (χ1v) is 9.69. The molecular formula is C20H30N2O3. The van der Waals surface area contributed by atoms with Crippen LogP contribution in [0.25, 0.3) is 0 Å². The van der Waals surface area contributed by atoms with Crippen LogP contribution < -0.4 is 0 Å². The molecule has 0 N–H and O–H groups in total. The number of likely N-dealkylation sites (tertiary alicyclic amines) is 1. The van der Waals surface area contributed by atoms with Crippen LogP contribution in [0.4, 0.5) is 0 Å². The van der Waals surface area contributed by atoms with E-state index in [4.69, 9.17) is 9.47 Å². The third-order valence-electron chi connectivity index (χ3n) is 5.28. The number of rotatable bonds is 5. The van der Waals surface area contributed by atoms with Crippen LogP contribution in [-0.2, 0) is 14.3 Å². The monoisotopic (exact) mass is 346 g/mol. The molecule has 0 saturated carbocycles. The van der Waals surface area contributed by atoms with Crippen LogP contribution in [0.2, 0.25) is 0 Å². The van der Waals surface area contributed by atoms with Crippen molar-refractivity contribution in [1.82, 2.24) is 9.88 Å². The number of nitrogens with zero attached hydrogens (tertiary/aromatic N) is 2. The first-order valence-electron chi connectivity index (χ1n) is 9.69. The molecular weight excluding hydrogens is 316 g/mol. The molecule has 3 rings (SSSR count). The summed E-state index contributed by atoms with van der Waals surface area (Å²) in [5.74, 6) is 0.0968.